The third-order valence-electron chi connectivity index (χ3n) is 4.65. The first kappa shape index (κ1) is 15.4. The summed E-state index contributed by atoms with van der Waals surface area (Å²) in [5.74, 6) is 0.919. The minimum atomic E-state index is 0.0373. The molecule has 3 heterocycles. The summed E-state index contributed by atoms with van der Waals surface area (Å²) >= 11 is 3.62. The number of hydrogen-bond donors (Lipinski definition) is 1. The first-order chi connectivity index (χ1) is 11.2. The van der Waals surface area contributed by atoms with Crippen molar-refractivity contribution in [1.82, 2.24) is 15.1 Å². The molecule has 0 radical (unpaired) electrons. The van der Waals surface area contributed by atoms with Crippen molar-refractivity contribution in [3.05, 3.63) is 22.3 Å². The molecule has 0 spiro atoms. The smallest absolute Gasteiger partial charge is 0.150 e. The summed E-state index contributed by atoms with van der Waals surface area (Å²) in [6, 6.07) is 4.18. The fourth-order valence-electron chi connectivity index (χ4n) is 3.52. The van der Waals surface area contributed by atoms with Crippen LogP contribution in [-0.2, 0) is 4.74 Å². The van der Waals surface area contributed by atoms with Crippen LogP contribution in [0.5, 0.6) is 5.75 Å². The number of nitrogens with one attached hydrogen (secondary N) is 1. The van der Waals surface area contributed by atoms with Gasteiger partial charge in [0.2, 0.25) is 0 Å². The highest BCUT2D eigenvalue weighted by molar-refractivity contribution is 9.10. The lowest BCUT2D eigenvalue weighted by Gasteiger charge is -2.23. The molecule has 0 aliphatic carbocycles. The molecule has 23 heavy (non-hydrogen) atoms. The third kappa shape index (κ3) is 2.99. The van der Waals surface area contributed by atoms with Gasteiger partial charge in [0.1, 0.15) is 11.9 Å². The normalized spacial score (nSPS) is 25.1. The van der Waals surface area contributed by atoms with Crippen LogP contribution in [0.25, 0.3) is 10.9 Å². The van der Waals surface area contributed by atoms with E-state index in [1.165, 1.54) is 6.42 Å². The fourth-order valence-corrected chi connectivity index (χ4v) is 3.94. The van der Waals surface area contributed by atoms with Crippen molar-refractivity contribution in [3.63, 3.8) is 0 Å². The molecule has 6 heteroatoms. The Bertz CT molecular complexity index is 703. The highest BCUT2D eigenvalue weighted by Gasteiger charge is 2.24. The lowest BCUT2D eigenvalue weighted by Crippen LogP contribution is -2.20. The van der Waals surface area contributed by atoms with E-state index in [4.69, 9.17) is 14.6 Å². The lowest BCUT2D eigenvalue weighted by atomic mass is 10.1. The number of hydrogen-bond acceptors (Lipinski definition) is 4. The summed E-state index contributed by atoms with van der Waals surface area (Å²) in [7, 11) is 0. The van der Waals surface area contributed by atoms with Gasteiger partial charge >= 0.3 is 0 Å². The Labute approximate surface area is 144 Å². The predicted octanol–water partition coefficient (Wildman–Crippen LogP) is 3.55. The van der Waals surface area contributed by atoms with E-state index < -0.39 is 0 Å². The minimum absolute atomic E-state index is 0.0373. The van der Waals surface area contributed by atoms with Crippen molar-refractivity contribution < 1.29 is 9.47 Å². The summed E-state index contributed by atoms with van der Waals surface area (Å²) < 4.78 is 15.2. The molecule has 4 rings (SSSR count). The van der Waals surface area contributed by atoms with E-state index in [9.17, 15) is 0 Å². The fraction of sp³-hybridized carbons (Fsp3) is 0.588. The Kier molecular flexibility index (Phi) is 4.30. The zero-order valence-corrected chi connectivity index (χ0v) is 14.9. The van der Waals surface area contributed by atoms with Gasteiger partial charge in [-0.05, 0) is 51.3 Å². The van der Waals surface area contributed by atoms with E-state index in [1.54, 1.807) is 0 Å². The molecule has 0 bridgehead atoms. The number of aryl methyl sites for hydroxylation is 1. The summed E-state index contributed by atoms with van der Waals surface area (Å²) in [4.78, 5) is 0. The average molecular weight is 380 g/mol. The Morgan fingerprint density at radius 3 is 3.00 bits per heavy atom. The second-order valence-electron chi connectivity index (χ2n) is 6.38. The van der Waals surface area contributed by atoms with Crippen molar-refractivity contribution in [2.75, 3.05) is 19.7 Å². The molecular formula is C17H22BrN3O2. The van der Waals surface area contributed by atoms with Gasteiger partial charge in [0.05, 0.1) is 16.6 Å². The zero-order valence-electron chi connectivity index (χ0n) is 13.3. The van der Waals surface area contributed by atoms with Crippen LogP contribution in [0, 0.1) is 6.92 Å². The van der Waals surface area contributed by atoms with E-state index in [2.05, 4.69) is 40.3 Å². The maximum Gasteiger partial charge on any atom is 0.150 e. The molecular weight excluding hydrogens is 358 g/mol. The van der Waals surface area contributed by atoms with Gasteiger partial charge in [-0.1, -0.05) is 15.9 Å². The van der Waals surface area contributed by atoms with E-state index >= 15 is 0 Å². The largest absolute Gasteiger partial charge is 0.488 e. The third-order valence-corrected chi connectivity index (χ3v) is 5.11. The molecule has 5 nitrogen and oxygen atoms in total. The van der Waals surface area contributed by atoms with Crippen LogP contribution in [0.15, 0.2) is 16.6 Å². The second kappa shape index (κ2) is 6.42. The molecule has 2 fully saturated rings. The molecule has 1 aromatic heterocycles. The van der Waals surface area contributed by atoms with Crippen LogP contribution in [0.2, 0.25) is 0 Å². The average Bonchev–Trinajstić information content (AvgIpc) is 3.16. The zero-order chi connectivity index (χ0) is 15.8. The van der Waals surface area contributed by atoms with Crippen LogP contribution >= 0.6 is 15.9 Å². The van der Waals surface area contributed by atoms with Crippen molar-refractivity contribution in [3.8, 4) is 5.75 Å². The standard InChI is InChI=1S/C17H22BrN3O2/c1-11-17-14(21(20-11)16-4-2-3-7-22-16)8-12(18)9-15(17)23-13-5-6-19-10-13/h8-9,13,16,19H,2-7,10H2,1H3/t13-,16?/m0/s1. The molecule has 2 saturated heterocycles. The summed E-state index contributed by atoms with van der Waals surface area (Å²) in [5, 5.41) is 9.22. The van der Waals surface area contributed by atoms with Crippen molar-refractivity contribution >= 4 is 26.8 Å². The van der Waals surface area contributed by atoms with Crippen LogP contribution in [0.3, 0.4) is 0 Å². The maximum atomic E-state index is 6.26. The summed E-state index contributed by atoms with van der Waals surface area (Å²) in [6.45, 7) is 4.80. The molecule has 2 aliphatic heterocycles. The lowest BCUT2D eigenvalue weighted by molar-refractivity contribution is -0.0368. The Morgan fingerprint density at radius 1 is 1.35 bits per heavy atom. The number of rotatable bonds is 3. The number of fused-ring (bicyclic) bond motifs is 1. The highest BCUT2D eigenvalue weighted by atomic mass is 79.9. The topological polar surface area (TPSA) is 48.3 Å². The number of aromatic nitrogens is 2. The Balaban J connectivity index is 1.76. The van der Waals surface area contributed by atoms with Crippen molar-refractivity contribution in [2.45, 2.75) is 44.9 Å². The van der Waals surface area contributed by atoms with E-state index in [1.807, 2.05) is 4.68 Å². The van der Waals surface area contributed by atoms with Crippen LogP contribution in [0.1, 0.15) is 37.6 Å². The van der Waals surface area contributed by atoms with Crippen LogP contribution in [0.4, 0.5) is 0 Å². The van der Waals surface area contributed by atoms with Crippen molar-refractivity contribution in [2.24, 2.45) is 0 Å². The number of halogens is 1. The van der Waals surface area contributed by atoms with Crippen LogP contribution < -0.4 is 10.1 Å². The Morgan fingerprint density at radius 2 is 2.26 bits per heavy atom. The molecule has 124 valence electrons. The number of benzene rings is 1. The van der Waals surface area contributed by atoms with E-state index in [0.29, 0.717) is 0 Å². The highest BCUT2D eigenvalue weighted by Crippen LogP contribution is 2.36. The van der Waals surface area contributed by atoms with Gasteiger partial charge in [-0.3, -0.25) is 0 Å². The quantitative estimate of drug-likeness (QED) is 0.885. The van der Waals surface area contributed by atoms with Gasteiger partial charge in [-0.2, -0.15) is 5.10 Å². The first-order valence-corrected chi connectivity index (χ1v) is 9.19. The van der Waals surface area contributed by atoms with E-state index in [-0.39, 0.29) is 12.3 Å². The SMILES string of the molecule is Cc1nn(C2CCCCO2)c2cc(Br)cc(O[C@H]3CCNC3)c12. The first-order valence-electron chi connectivity index (χ1n) is 8.40. The molecule has 0 saturated carbocycles. The number of ether oxygens (including phenoxy) is 2. The molecule has 2 atom stereocenters. The molecule has 2 aromatic rings. The van der Waals surface area contributed by atoms with Gasteiger partial charge in [0.25, 0.3) is 0 Å². The van der Waals surface area contributed by atoms with Gasteiger partial charge in [-0.25, -0.2) is 4.68 Å². The number of nitrogens with zero attached hydrogens (tertiary/aromatic N) is 2. The summed E-state index contributed by atoms with van der Waals surface area (Å²) in [5.41, 5.74) is 2.09. The summed E-state index contributed by atoms with van der Waals surface area (Å²) in [6.07, 6.45) is 4.67. The molecule has 1 N–H and O–H groups in total. The van der Waals surface area contributed by atoms with Gasteiger partial charge in [-0.15, -0.1) is 0 Å². The van der Waals surface area contributed by atoms with E-state index in [0.717, 1.165) is 65.8 Å². The maximum absolute atomic E-state index is 6.26. The Hall–Kier alpha value is -1.11. The minimum Gasteiger partial charge on any atom is -0.488 e. The molecule has 2 aliphatic rings. The van der Waals surface area contributed by atoms with Gasteiger partial charge in [0, 0.05) is 17.6 Å². The molecule has 1 aromatic carbocycles. The van der Waals surface area contributed by atoms with Crippen LogP contribution in [-0.4, -0.2) is 35.6 Å². The predicted molar refractivity (Wildman–Crippen MR) is 92.9 cm³/mol. The van der Waals surface area contributed by atoms with Gasteiger partial charge < -0.3 is 14.8 Å². The van der Waals surface area contributed by atoms with Crippen molar-refractivity contribution in [1.29, 1.82) is 0 Å². The van der Waals surface area contributed by atoms with Gasteiger partial charge in [0.15, 0.2) is 6.23 Å². The second-order valence-corrected chi connectivity index (χ2v) is 7.30. The monoisotopic (exact) mass is 379 g/mol. The molecule has 0 amide bonds. The molecule has 1 unspecified atom stereocenters.